The number of hydrogen-bond donors (Lipinski definition) is 1. The maximum Gasteiger partial charge on any atom is 0.293 e. The van der Waals surface area contributed by atoms with E-state index in [9.17, 15) is 20.0 Å². The first-order valence-corrected chi connectivity index (χ1v) is 7.76. The first-order valence-electron chi connectivity index (χ1n) is 7.76. The molecule has 1 heterocycles. The van der Waals surface area contributed by atoms with E-state index in [2.05, 4.69) is 0 Å². The third-order valence-electron chi connectivity index (χ3n) is 4.35. The van der Waals surface area contributed by atoms with Crippen molar-refractivity contribution in [3.05, 3.63) is 69.8 Å². The zero-order valence-electron chi connectivity index (χ0n) is 13.3. The monoisotopic (exact) mass is 326 g/mol. The highest BCUT2D eigenvalue weighted by Gasteiger charge is 2.35. The summed E-state index contributed by atoms with van der Waals surface area (Å²) in [6.07, 6.45) is -0.0439. The highest BCUT2D eigenvalue weighted by molar-refractivity contribution is 5.95. The van der Waals surface area contributed by atoms with Gasteiger partial charge in [0.25, 0.3) is 5.69 Å². The molecule has 124 valence electrons. The number of nitrogens with zero attached hydrogens (tertiary/aromatic N) is 2. The molecule has 0 spiro atoms. The molecule has 0 aliphatic carbocycles. The van der Waals surface area contributed by atoms with Crippen LogP contribution in [0.15, 0.2) is 48.5 Å². The Hall–Kier alpha value is -2.73. The highest BCUT2D eigenvalue weighted by atomic mass is 16.6. The summed E-state index contributed by atoms with van der Waals surface area (Å²) in [5.74, 6) is -0.217. The van der Waals surface area contributed by atoms with Gasteiger partial charge in [0, 0.05) is 18.2 Å². The first-order chi connectivity index (χ1) is 11.5. The summed E-state index contributed by atoms with van der Waals surface area (Å²) < 4.78 is 0. The standard InChI is InChI=1S/C18H18N2O4/c1-12(21)14-7-8-16(18(9-14)20(23)24)19-11-15(22)10-17(19)13-5-3-2-4-6-13/h2-9,15,17,22H,10-11H2,1H3/t15-,17+/m1/s1. The van der Waals surface area contributed by atoms with Crippen LogP contribution in [0.4, 0.5) is 11.4 Å². The van der Waals surface area contributed by atoms with Crippen molar-refractivity contribution in [2.75, 3.05) is 11.4 Å². The molecule has 1 N–H and O–H groups in total. The van der Waals surface area contributed by atoms with E-state index in [0.29, 0.717) is 24.2 Å². The summed E-state index contributed by atoms with van der Waals surface area (Å²) in [5.41, 5.74) is 1.62. The Morgan fingerprint density at radius 3 is 2.58 bits per heavy atom. The molecule has 0 bridgehead atoms. The summed E-state index contributed by atoms with van der Waals surface area (Å²) in [5, 5.41) is 21.6. The van der Waals surface area contributed by atoms with E-state index in [0.717, 1.165) is 5.56 Å². The van der Waals surface area contributed by atoms with Gasteiger partial charge in [-0.1, -0.05) is 30.3 Å². The zero-order valence-corrected chi connectivity index (χ0v) is 13.3. The number of anilines is 1. The Morgan fingerprint density at radius 2 is 1.96 bits per heavy atom. The Kier molecular flexibility index (Phi) is 4.31. The van der Waals surface area contributed by atoms with Crippen LogP contribution >= 0.6 is 0 Å². The van der Waals surface area contributed by atoms with Gasteiger partial charge in [0.05, 0.1) is 17.1 Å². The lowest BCUT2D eigenvalue weighted by Crippen LogP contribution is -2.25. The van der Waals surface area contributed by atoms with Gasteiger partial charge in [-0.15, -0.1) is 0 Å². The molecule has 1 aliphatic rings. The molecule has 2 aromatic rings. The number of carbonyl (C=O) groups is 1. The molecular weight excluding hydrogens is 308 g/mol. The number of Topliss-reactive ketones (excluding diaryl/α,β-unsaturated/α-hetero) is 1. The van der Waals surface area contributed by atoms with Gasteiger partial charge in [-0.25, -0.2) is 0 Å². The molecule has 24 heavy (non-hydrogen) atoms. The number of carbonyl (C=O) groups excluding carboxylic acids is 1. The van der Waals surface area contributed by atoms with E-state index >= 15 is 0 Å². The lowest BCUT2D eigenvalue weighted by Gasteiger charge is -2.26. The molecule has 0 saturated carbocycles. The number of ketones is 1. The predicted octanol–water partition coefficient (Wildman–Crippen LogP) is 3.11. The molecule has 1 fully saturated rings. The molecule has 0 aromatic heterocycles. The van der Waals surface area contributed by atoms with E-state index in [1.165, 1.54) is 13.0 Å². The molecule has 3 rings (SSSR count). The highest BCUT2D eigenvalue weighted by Crippen LogP contribution is 2.40. The molecule has 1 saturated heterocycles. The SMILES string of the molecule is CC(=O)c1ccc(N2C[C@H](O)C[C@H]2c2ccccc2)c([N+](=O)[O-])c1. The lowest BCUT2D eigenvalue weighted by molar-refractivity contribution is -0.384. The molecule has 1 aliphatic heterocycles. The average molecular weight is 326 g/mol. The Labute approximate surface area is 139 Å². The van der Waals surface area contributed by atoms with Crippen LogP contribution in [-0.4, -0.2) is 28.5 Å². The van der Waals surface area contributed by atoms with Gasteiger partial charge < -0.3 is 10.0 Å². The lowest BCUT2D eigenvalue weighted by atomic mass is 10.0. The number of benzene rings is 2. The fourth-order valence-corrected chi connectivity index (χ4v) is 3.20. The van der Waals surface area contributed by atoms with Gasteiger partial charge in [0.15, 0.2) is 5.78 Å². The molecule has 2 atom stereocenters. The second-order valence-electron chi connectivity index (χ2n) is 5.99. The third-order valence-corrected chi connectivity index (χ3v) is 4.35. The Morgan fingerprint density at radius 1 is 1.25 bits per heavy atom. The van der Waals surface area contributed by atoms with Gasteiger partial charge in [-0.05, 0) is 31.0 Å². The smallest absolute Gasteiger partial charge is 0.293 e. The predicted molar refractivity (Wildman–Crippen MR) is 90.3 cm³/mol. The van der Waals surface area contributed by atoms with Crippen molar-refractivity contribution < 1.29 is 14.8 Å². The van der Waals surface area contributed by atoms with E-state index in [1.807, 2.05) is 35.2 Å². The van der Waals surface area contributed by atoms with Gasteiger partial charge in [-0.3, -0.25) is 14.9 Å². The van der Waals surface area contributed by atoms with E-state index < -0.39 is 11.0 Å². The van der Waals surface area contributed by atoms with Crippen LogP contribution in [0.25, 0.3) is 0 Å². The molecular formula is C18H18N2O4. The van der Waals surface area contributed by atoms with Gasteiger partial charge >= 0.3 is 0 Å². The van der Waals surface area contributed by atoms with Crippen LogP contribution in [-0.2, 0) is 0 Å². The summed E-state index contributed by atoms with van der Waals surface area (Å²) in [6.45, 7) is 1.70. The summed E-state index contributed by atoms with van der Waals surface area (Å²) in [7, 11) is 0. The number of β-amino-alcohol motifs (C(OH)–C–C–N with tert-alkyl or cyclic N) is 1. The Balaban J connectivity index is 2.06. The maximum absolute atomic E-state index is 11.5. The molecule has 0 amide bonds. The fraction of sp³-hybridized carbons (Fsp3) is 0.278. The number of aliphatic hydroxyl groups excluding tert-OH is 1. The minimum absolute atomic E-state index is 0.113. The molecule has 0 radical (unpaired) electrons. The number of nitro groups is 1. The van der Waals surface area contributed by atoms with Crippen LogP contribution in [0.2, 0.25) is 0 Å². The largest absolute Gasteiger partial charge is 0.391 e. The molecule has 2 aromatic carbocycles. The van der Waals surface area contributed by atoms with Crippen LogP contribution < -0.4 is 4.90 Å². The van der Waals surface area contributed by atoms with Crippen LogP contribution in [0.3, 0.4) is 0 Å². The topological polar surface area (TPSA) is 83.7 Å². The van der Waals surface area contributed by atoms with Crippen molar-refractivity contribution in [1.82, 2.24) is 0 Å². The molecule has 0 unspecified atom stereocenters. The van der Waals surface area contributed by atoms with Crippen LogP contribution in [0.5, 0.6) is 0 Å². The molecule has 6 heteroatoms. The summed E-state index contributed by atoms with van der Waals surface area (Å²) in [4.78, 5) is 24.4. The minimum Gasteiger partial charge on any atom is -0.391 e. The van der Waals surface area contributed by atoms with Crippen LogP contribution in [0.1, 0.15) is 35.3 Å². The van der Waals surface area contributed by atoms with Crippen molar-refractivity contribution in [2.24, 2.45) is 0 Å². The summed E-state index contributed by atoms with van der Waals surface area (Å²) in [6, 6.07) is 14.0. The molecule has 6 nitrogen and oxygen atoms in total. The van der Waals surface area contributed by atoms with Crippen molar-refractivity contribution in [2.45, 2.75) is 25.5 Å². The number of hydrogen-bond acceptors (Lipinski definition) is 5. The number of aliphatic hydroxyl groups is 1. The minimum atomic E-state index is -0.553. The average Bonchev–Trinajstić information content (AvgIpc) is 2.96. The first kappa shape index (κ1) is 16.1. The van der Waals surface area contributed by atoms with Crippen LogP contribution in [0, 0.1) is 10.1 Å². The van der Waals surface area contributed by atoms with E-state index in [1.54, 1.807) is 12.1 Å². The normalized spacial score (nSPS) is 20.2. The second-order valence-corrected chi connectivity index (χ2v) is 5.99. The van der Waals surface area contributed by atoms with Gasteiger partial charge in [0.2, 0.25) is 0 Å². The third kappa shape index (κ3) is 3.00. The van der Waals surface area contributed by atoms with Crippen molar-refractivity contribution in [3.8, 4) is 0 Å². The van der Waals surface area contributed by atoms with Crippen molar-refractivity contribution >= 4 is 17.2 Å². The van der Waals surface area contributed by atoms with Crippen molar-refractivity contribution in [1.29, 1.82) is 0 Å². The number of rotatable bonds is 4. The quantitative estimate of drug-likeness (QED) is 0.530. The van der Waals surface area contributed by atoms with Gasteiger partial charge in [0.1, 0.15) is 5.69 Å². The Bertz CT molecular complexity index is 776. The summed E-state index contributed by atoms with van der Waals surface area (Å²) >= 11 is 0. The van der Waals surface area contributed by atoms with Gasteiger partial charge in [-0.2, -0.15) is 0 Å². The maximum atomic E-state index is 11.5. The fourth-order valence-electron chi connectivity index (χ4n) is 3.20. The number of nitro benzene ring substituents is 1. The van der Waals surface area contributed by atoms with E-state index in [-0.39, 0.29) is 17.5 Å². The zero-order chi connectivity index (χ0) is 17.3. The van der Waals surface area contributed by atoms with E-state index in [4.69, 9.17) is 0 Å². The second kappa shape index (κ2) is 6.41. The van der Waals surface area contributed by atoms with Crippen molar-refractivity contribution in [3.63, 3.8) is 0 Å².